The summed E-state index contributed by atoms with van der Waals surface area (Å²) in [6, 6.07) is 15.9. The van der Waals surface area contributed by atoms with Gasteiger partial charge in [-0.3, -0.25) is 4.79 Å². The van der Waals surface area contributed by atoms with Crippen LogP contribution in [0.3, 0.4) is 0 Å². The van der Waals surface area contributed by atoms with Gasteiger partial charge in [-0.2, -0.15) is 0 Å². The molecule has 1 amide bonds. The third kappa shape index (κ3) is 5.26. The summed E-state index contributed by atoms with van der Waals surface area (Å²) in [4.78, 5) is 12.8. The minimum absolute atomic E-state index is 0.0933. The number of aryl methyl sites for hydroxylation is 2. The van der Waals surface area contributed by atoms with Crippen molar-refractivity contribution < 1.29 is 4.79 Å². The van der Waals surface area contributed by atoms with Crippen LogP contribution in [0.15, 0.2) is 53.7 Å². The van der Waals surface area contributed by atoms with Gasteiger partial charge in [0.25, 0.3) is 5.91 Å². The normalized spacial score (nSPS) is 12.2. The Bertz CT molecular complexity index is 979. The first-order chi connectivity index (χ1) is 13.8. The highest BCUT2D eigenvalue weighted by Gasteiger charge is 2.25. The topological polar surface area (TPSA) is 59.8 Å². The summed E-state index contributed by atoms with van der Waals surface area (Å²) in [5.41, 5.74) is 4.22. The zero-order valence-corrected chi connectivity index (χ0v) is 18.5. The van der Waals surface area contributed by atoms with Crippen molar-refractivity contribution in [2.45, 2.75) is 44.6 Å². The molecule has 0 aliphatic heterocycles. The third-order valence-electron chi connectivity index (χ3n) is 4.87. The van der Waals surface area contributed by atoms with E-state index in [2.05, 4.69) is 60.6 Å². The first-order valence-corrected chi connectivity index (χ1v) is 10.8. The predicted octanol–water partition coefficient (Wildman–Crippen LogP) is 4.85. The van der Waals surface area contributed by atoms with Crippen molar-refractivity contribution in [1.82, 2.24) is 20.1 Å². The second kappa shape index (κ2) is 9.27. The lowest BCUT2D eigenvalue weighted by Crippen LogP contribution is -2.33. The maximum atomic E-state index is 12.8. The largest absolute Gasteiger partial charge is 0.342 e. The van der Waals surface area contributed by atoms with Crippen LogP contribution >= 0.6 is 11.8 Å². The molecule has 3 aromatic rings. The van der Waals surface area contributed by atoms with E-state index in [1.54, 1.807) is 11.8 Å². The van der Waals surface area contributed by atoms with Gasteiger partial charge in [0.2, 0.25) is 0 Å². The molecule has 0 spiro atoms. The Morgan fingerprint density at radius 2 is 1.79 bits per heavy atom. The lowest BCUT2D eigenvalue weighted by molar-refractivity contribution is 0.0922. The van der Waals surface area contributed by atoms with Crippen LogP contribution in [0.25, 0.3) is 0 Å². The lowest BCUT2D eigenvalue weighted by Gasteiger charge is -2.22. The molecule has 6 heteroatoms. The van der Waals surface area contributed by atoms with E-state index in [4.69, 9.17) is 0 Å². The summed E-state index contributed by atoms with van der Waals surface area (Å²) in [5.74, 6) is 1.69. The number of carbonyl (C=O) groups is 1. The van der Waals surface area contributed by atoms with Gasteiger partial charge in [0, 0.05) is 18.4 Å². The summed E-state index contributed by atoms with van der Waals surface area (Å²) in [6.07, 6.45) is 0. The van der Waals surface area contributed by atoms with E-state index < -0.39 is 0 Å². The SMILES string of the molecule is Cc1ccc(CSc2nnc(C(NC(=O)c3cccc(C)c3)C(C)C)n2C)cc1. The van der Waals surface area contributed by atoms with Gasteiger partial charge in [0.05, 0.1) is 6.04 Å². The van der Waals surface area contributed by atoms with E-state index >= 15 is 0 Å². The molecule has 0 aliphatic carbocycles. The number of hydrogen-bond donors (Lipinski definition) is 1. The van der Waals surface area contributed by atoms with Crippen LogP contribution in [0, 0.1) is 19.8 Å². The van der Waals surface area contributed by atoms with Crippen molar-refractivity contribution in [3.63, 3.8) is 0 Å². The molecular formula is C23H28N4OS. The number of amides is 1. The quantitative estimate of drug-likeness (QED) is 0.568. The van der Waals surface area contributed by atoms with E-state index in [0.717, 1.165) is 22.3 Å². The van der Waals surface area contributed by atoms with Crippen LogP contribution in [0.2, 0.25) is 0 Å². The second-order valence-electron chi connectivity index (χ2n) is 7.74. The molecule has 1 aromatic heterocycles. The molecule has 1 heterocycles. The molecule has 1 N–H and O–H groups in total. The highest BCUT2D eigenvalue weighted by atomic mass is 32.2. The number of hydrogen-bond acceptors (Lipinski definition) is 4. The number of carbonyl (C=O) groups excluding carboxylic acids is 1. The molecule has 0 saturated carbocycles. The number of rotatable bonds is 7. The molecular weight excluding hydrogens is 380 g/mol. The van der Waals surface area contributed by atoms with Crippen molar-refractivity contribution in [3.8, 4) is 0 Å². The van der Waals surface area contributed by atoms with Crippen LogP contribution in [0.1, 0.15) is 52.8 Å². The zero-order chi connectivity index (χ0) is 21.0. The summed E-state index contributed by atoms with van der Waals surface area (Å²) in [5, 5.41) is 12.8. The van der Waals surface area contributed by atoms with Gasteiger partial charge in [-0.1, -0.05) is 73.1 Å². The monoisotopic (exact) mass is 408 g/mol. The highest BCUT2D eigenvalue weighted by molar-refractivity contribution is 7.98. The van der Waals surface area contributed by atoms with Crippen LogP contribution in [-0.2, 0) is 12.8 Å². The Labute approximate surface area is 176 Å². The molecule has 0 fully saturated rings. The molecule has 0 saturated heterocycles. The van der Waals surface area contributed by atoms with Gasteiger partial charge < -0.3 is 9.88 Å². The molecule has 1 unspecified atom stereocenters. The zero-order valence-electron chi connectivity index (χ0n) is 17.6. The summed E-state index contributed by atoms with van der Waals surface area (Å²) >= 11 is 1.65. The maximum absolute atomic E-state index is 12.8. The predicted molar refractivity (Wildman–Crippen MR) is 118 cm³/mol. The van der Waals surface area contributed by atoms with Crippen LogP contribution in [0.5, 0.6) is 0 Å². The minimum Gasteiger partial charge on any atom is -0.342 e. The van der Waals surface area contributed by atoms with Crippen molar-refractivity contribution in [1.29, 1.82) is 0 Å². The van der Waals surface area contributed by atoms with E-state index in [9.17, 15) is 4.79 Å². The van der Waals surface area contributed by atoms with Gasteiger partial charge in [0.15, 0.2) is 11.0 Å². The minimum atomic E-state index is -0.214. The highest BCUT2D eigenvalue weighted by Crippen LogP contribution is 2.26. The average molecular weight is 409 g/mol. The lowest BCUT2D eigenvalue weighted by atomic mass is 10.0. The van der Waals surface area contributed by atoms with Crippen LogP contribution < -0.4 is 5.32 Å². The second-order valence-corrected chi connectivity index (χ2v) is 8.68. The smallest absolute Gasteiger partial charge is 0.251 e. The third-order valence-corrected chi connectivity index (χ3v) is 5.96. The summed E-state index contributed by atoms with van der Waals surface area (Å²) in [6.45, 7) is 8.23. The molecule has 29 heavy (non-hydrogen) atoms. The Hall–Kier alpha value is -2.60. The van der Waals surface area contributed by atoms with E-state index in [1.807, 2.05) is 42.8 Å². The van der Waals surface area contributed by atoms with E-state index in [0.29, 0.717) is 5.56 Å². The average Bonchev–Trinajstić information content (AvgIpc) is 3.05. The van der Waals surface area contributed by atoms with Gasteiger partial charge >= 0.3 is 0 Å². The number of aromatic nitrogens is 3. The van der Waals surface area contributed by atoms with Crippen LogP contribution in [-0.4, -0.2) is 20.7 Å². The van der Waals surface area contributed by atoms with E-state index in [-0.39, 0.29) is 17.9 Å². The van der Waals surface area contributed by atoms with Gasteiger partial charge in [-0.25, -0.2) is 0 Å². The van der Waals surface area contributed by atoms with Crippen molar-refractivity contribution in [2.24, 2.45) is 13.0 Å². The summed E-state index contributed by atoms with van der Waals surface area (Å²) in [7, 11) is 1.96. The Morgan fingerprint density at radius 1 is 1.07 bits per heavy atom. The van der Waals surface area contributed by atoms with Gasteiger partial charge in [-0.05, 0) is 37.5 Å². The Kier molecular flexibility index (Phi) is 6.75. The molecule has 0 bridgehead atoms. The number of nitrogens with zero attached hydrogens (tertiary/aromatic N) is 3. The Morgan fingerprint density at radius 3 is 2.45 bits per heavy atom. The van der Waals surface area contributed by atoms with Crippen LogP contribution in [0.4, 0.5) is 0 Å². The standard InChI is InChI=1S/C23H28N4OS/c1-15(2)20(24-22(28)19-8-6-7-17(4)13-19)21-25-26-23(27(21)5)29-14-18-11-9-16(3)10-12-18/h6-13,15,20H,14H2,1-5H3,(H,24,28). The Balaban J connectivity index is 1.74. The molecule has 2 aromatic carbocycles. The first-order valence-electron chi connectivity index (χ1n) is 9.80. The van der Waals surface area contributed by atoms with Gasteiger partial charge in [0.1, 0.15) is 0 Å². The molecule has 0 aliphatic rings. The summed E-state index contributed by atoms with van der Waals surface area (Å²) < 4.78 is 1.99. The molecule has 152 valence electrons. The molecule has 3 rings (SSSR count). The van der Waals surface area contributed by atoms with Crippen molar-refractivity contribution >= 4 is 17.7 Å². The van der Waals surface area contributed by atoms with E-state index in [1.165, 1.54) is 11.1 Å². The molecule has 1 atom stereocenters. The van der Waals surface area contributed by atoms with Crippen molar-refractivity contribution in [2.75, 3.05) is 0 Å². The molecule has 5 nitrogen and oxygen atoms in total. The number of thioether (sulfide) groups is 1. The fourth-order valence-corrected chi connectivity index (χ4v) is 3.97. The van der Waals surface area contributed by atoms with Gasteiger partial charge in [-0.15, -0.1) is 10.2 Å². The van der Waals surface area contributed by atoms with Crippen molar-refractivity contribution in [3.05, 3.63) is 76.6 Å². The first kappa shape index (κ1) is 21.1. The molecule has 0 radical (unpaired) electrons. The maximum Gasteiger partial charge on any atom is 0.251 e. The fourth-order valence-electron chi connectivity index (χ4n) is 3.10. The number of benzene rings is 2. The fraction of sp³-hybridized carbons (Fsp3) is 0.348. The number of nitrogens with one attached hydrogen (secondary N) is 1.